The second-order valence-electron chi connectivity index (χ2n) is 10.1. The van der Waals surface area contributed by atoms with Crippen LogP contribution in [0.1, 0.15) is 70.8 Å². The fraction of sp³-hybridized carbons (Fsp3) is 0.704. The van der Waals surface area contributed by atoms with Gasteiger partial charge < -0.3 is 25.2 Å². The minimum absolute atomic E-state index is 0.0653. The number of likely N-dealkylation sites (tertiary alicyclic amines) is 1. The molecule has 8 nitrogen and oxygen atoms in total. The Morgan fingerprint density at radius 3 is 2.60 bits per heavy atom. The van der Waals surface area contributed by atoms with Crippen molar-refractivity contribution in [3.05, 3.63) is 23.8 Å². The summed E-state index contributed by atoms with van der Waals surface area (Å²) < 4.78 is 11.0. The molecule has 2 heterocycles. The summed E-state index contributed by atoms with van der Waals surface area (Å²) in [4.78, 5) is 30.1. The quantitative estimate of drug-likeness (QED) is 0.411. The zero-order valence-corrected chi connectivity index (χ0v) is 21.6. The average Bonchev–Trinajstić information content (AvgIpc) is 3.43. The highest BCUT2D eigenvalue weighted by Crippen LogP contribution is 2.43. The van der Waals surface area contributed by atoms with E-state index in [4.69, 9.17) is 15.2 Å². The van der Waals surface area contributed by atoms with Crippen molar-refractivity contribution >= 4 is 11.9 Å². The van der Waals surface area contributed by atoms with Gasteiger partial charge in [0.25, 0.3) is 0 Å². The number of hydrogen-bond donors (Lipinski definition) is 2. The van der Waals surface area contributed by atoms with Gasteiger partial charge in [0, 0.05) is 31.6 Å². The largest absolute Gasteiger partial charge is 0.481 e. The number of fused-ring (bicyclic) bond motifs is 1. The molecule has 0 bridgehead atoms. The summed E-state index contributed by atoms with van der Waals surface area (Å²) in [5.74, 6) is 0.179. The molecule has 196 valence electrons. The number of carboxylic acid groups (broad SMARTS) is 1. The van der Waals surface area contributed by atoms with Crippen LogP contribution in [-0.4, -0.2) is 72.3 Å². The van der Waals surface area contributed by atoms with Crippen molar-refractivity contribution in [2.24, 2.45) is 17.6 Å². The van der Waals surface area contributed by atoms with Crippen molar-refractivity contribution in [1.82, 2.24) is 9.80 Å². The van der Waals surface area contributed by atoms with Gasteiger partial charge in [0.1, 0.15) is 0 Å². The van der Waals surface area contributed by atoms with Crippen molar-refractivity contribution < 1.29 is 24.2 Å². The molecule has 4 atom stereocenters. The Balaban J connectivity index is 1.86. The van der Waals surface area contributed by atoms with Gasteiger partial charge in [0.15, 0.2) is 11.5 Å². The molecular weight excluding hydrogens is 446 g/mol. The number of carbonyl (C=O) groups is 2. The van der Waals surface area contributed by atoms with Crippen LogP contribution in [-0.2, 0) is 9.59 Å². The van der Waals surface area contributed by atoms with Gasteiger partial charge in [-0.15, -0.1) is 0 Å². The van der Waals surface area contributed by atoms with E-state index in [-0.39, 0.29) is 31.2 Å². The Morgan fingerprint density at radius 1 is 1.17 bits per heavy atom. The Labute approximate surface area is 209 Å². The van der Waals surface area contributed by atoms with E-state index < -0.39 is 11.9 Å². The van der Waals surface area contributed by atoms with Gasteiger partial charge in [-0.25, -0.2) is 0 Å². The number of benzene rings is 1. The lowest BCUT2D eigenvalue weighted by atomic mass is 9.81. The van der Waals surface area contributed by atoms with Crippen LogP contribution in [0.3, 0.4) is 0 Å². The minimum Gasteiger partial charge on any atom is -0.481 e. The predicted octanol–water partition coefficient (Wildman–Crippen LogP) is 3.69. The number of unbranched alkanes of at least 4 members (excludes halogenated alkanes) is 1. The Bertz CT molecular complexity index is 840. The number of aliphatic carboxylic acids is 1. The third kappa shape index (κ3) is 6.88. The van der Waals surface area contributed by atoms with Gasteiger partial charge in [-0.2, -0.15) is 0 Å². The summed E-state index contributed by atoms with van der Waals surface area (Å²) in [6.07, 6.45) is 5.59. The smallest absolute Gasteiger partial charge is 0.308 e. The standard InChI is InChI=1S/C27H43N3O5/c1-4-6-12-29(13-7-11-28)25(31)17-30-16-21(20-9-10-23-24(15-20)35-18-34-23)26(27(32)33)22(30)14-19(3)8-5-2/h9-10,15,19,21-22,26H,4-8,11-14,16-18,28H2,1-3H3,(H,32,33). The molecule has 0 aliphatic carbocycles. The molecule has 1 saturated heterocycles. The van der Waals surface area contributed by atoms with Crippen LogP contribution in [0.4, 0.5) is 0 Å². The summed E-state index contributed by atoms with van der Waals surface area (Å²) in [6.45, 7) is 9.31. The molecular formula is C27H43N3O5. The molecule has 1 fully saturated rings. The van der Waals surface area contributed by atoms with Crippen molar-refractivity contribution in [2.75, 3.05) is 39.5 Å². The van der Waals surface area contributed by atoms with Gasteiger partial charge >= 0.3 is 5.97 Å². The number of nitrogens with zero attached hydrogens (tertiary/aromatic N) is 2. The van der Waals surface area contributed by atoms with Crippen molar-refractivity contribution in [1.29, 1.82) is 0 Å². The van der Waals surface area contributed by atoms with Crippen LogP contribution in [0.15, 0.2) is 18.2 Å². The topological polar surface area (TPSA) is 105 Å². The van der Waals surface area contributed by atoms with Crippen LogP contribution in [0.5, 0.6) is 11.5 Å². The molecule has 1 aromatic rings. The SMILES string of the molecule is CCCCN(CCCN)C(=O)CN1CC(c2ccc3c(c2)OCO3)C(C(=O)O)C1CC(C)CCC. The molecule has 8 heteroatoms. The van der Waals surface area contributed by atoms with E-state index in [1.165, 1.54) is 0 Å². The monoisotopic (exact) mass is 489 g/mol. The van der Waals surface area contributed by atoms with Crippen LogP contribution >= 0.6 is 0 Å². The molecule has 3 rings (SSSR count). The Morgan fingerprint density at radius 2 is 1.91 bits per heavy atom. The molecule has 35 heavy (non-hydrogen) atoms. The van der Waals surface area contributed by atoms with Crippen molar-refractivity contribution in [3.63, 3.8) is 0 Å². The van der Waals surface area contributed by atoms with E-state index in [0.29, 0.717) is 43.6 Å². The minimum atomic E-state index is -0.803. The molecule has 0 radical (unpaired) electrons. The van der Waals surface area contributed by atoms with E-state index in [2.05, 4.69) is 25.7 Å². The number of nitrogens with two attached hydrogens (primary N) is 1. The number of hydrogen-bond acceptors (Lipinski definition) is 6. The van der Waals surface area contributed by atoms with Gasteiger partial charge in [0.05, 0.1) is 12.5 Å². The second kappa shape index (κ2) is 13.1. The van der Waals surface area contributed by atoms with Crippen LogP contribution in [0, 0.1) is 11.8 Å². The number of amides is 1. The third-order valence-corrected chi connectivity index (χ3v) is 7.39. The van der Waals surface area contributed by atoms with Crippen molar-refractivity contribution in [3.8, 4) is 11.5 Å². The fourth-order valence-corrected chi connectivity index (χ4v) is 5.56. The zero-order chi connectivity index (χ0) is 25.4. The first-order valence-electron chi connectivity index (χ1n) is 13.2. The summed E-state index contributed by atoms with van der Waals surface area (Å²) >= 11 is 0. The zero-order valence-electron chi connectivity index (χ0n) is 21.6. The maximum Gasteiger partial charge on any atom is 0.308 e. The molecule has 2 aliphatic rings. The van der Waals surface area contributed by atoms with E-state index in [0.717, 1.165) is 44.1 Å². The summed E-state index contributed by atoms with van der Waals surface area (Å²) in [5.41, 5.74) is 6.64. The van der Waals surface area contributed by atoms with Gasteiger partial charge in [-0.1, -0.05) is 46.1 Å². The number of rotatable bonds is 14. The summed E-state index contributed by atoms with van der Waals surface area (Å²) in [7, 11) is 0. The molecule has 1 aromatic carbocycles. The number of ether oxygens (including phenoxy) is 2. The highest BCUT2D eigenvalue weighted by molar-refractivity contribution is 5.79. The Hall–Kier alpha value is -2.32. The molecule has 3 N–H and O–H groups in total. The molecule has 0 saturated carbocycles. The lowest BCUT2D eigenvalue weighted by molar-refractivity contribution is -0.144. The normalized spacial score (nSPS) is 22.3. The predicted molar refractivity (Wildman–Crippen MR) is 136 cm³/mol. The highest BCUT2D eigenvalue weighted by atomic mass is 16.7. The fourth-order valence-electron chi connectivity index (χ4n) is 5.56. The van der Waals surface area contributed by atoms with Crippen LogP contribution in [0.25, 0.3) is 0 Å². The van der Waals surface area contributed by atoms with E-state index in [9.17, 15) is 14.7 Å². The van der Waals surface area contributed by atoms with Crippen LogP contribution < -0.4 is 15.2 Å². The highest BCUT2D eigenvalue weighted by Gasteiger charge is 2.47. The van der Waals surface area contributed by atoms with Crippen molar-refractivity contribution in [2.45, 2.75) is 71.3 Å². The van der Waals surface area contributed by atoms with Crippen LogP contribution in [0.2, 0.25) is 0 Å². The second-order valence-corrected chi connectivity index (χ2v) is 10.1. The first-order valence-corrected chi connectivity index (χ1v) is 13.2. The first-order chi connectivity index (χ1) is 16.9. The van der Waals surface area contributed by atoms with Gasteiger partial charge in [-0.3, -0.25) is 14.5 Å². The molecule has 0 spiro atoms. The molecule has 4 unspecified atom stereocenters. The first kappa shape index (κ1) is 27.3. The molecule has 0 aromatic heterocycles. The summed E-state index contributed by atoms with van der Waals surface area (Å²) in [6, 6.07) is 5.52. The Kier molecular flexibility index (Phi) is 10.2. The molecule has 1 amide bonds. The van der Waals surface area contributed by atoms with E-state index in [1.807, 2.05) is 23.1 Å². The van der Waals surface area contributed by atoms with E-state index in [1.54, 1.807) is 0 Å². The van der Waals surface area contributed by atoms with Gasteiger partial charge in [0.2, 0.25) is 12.7 Å². The maximum atomic E-state index is 13.4. The van der Waals surface area contributed by atoms with E-state index >= 15 is 0 Å². The summed E-state index contributed by atoms with van der Waals surface area (Å²) in [5, 5.41) is 10.4. The average molecular weight is 490 g/mol. The molecule has 2 aliphatic heterocycles. The van der Waals surface area contributed by atoms with Gasteiger partial charge in [-0.05, 0) is 49.4 Å². The third-order valence-electron chi connectivity index (χ3n) is 7.39. The lowest BCUT2D eigenvalue weighted by Gasteiger charge is -2.31. The maximum absolute atomic E-state index is 13.4. The lowest BCUT2D eigenvalue weighted by Crippen LogP contribution is -2.45. The number of carbonyl (C=O) groups excluding carboxylic acids is 1. The number of carboxylic acids is 1.